The van der Waals surface area contributed by atoms with Gasteiger partial charge in [-0.2, -0.15) is 0 Å². The predicted octanol–water partition coefficient (Wildman–Crippen LogP) is 2.03. The van der Waals surface area contributed by atoms with Gasteiger partial charge < -0.3 is 24.3 Å². The first-order chi connectivity index (χ1) is 15.5. The summed E-state index contributed by atoms with van der Waals surface area (Å²) in [6.45, 7) is 2.02. The molecule has 1 fully saturated rings. The Morgan fingerprint density at radius 2 is 2.12 bits per heavy atom. The number of aromatic nitrogens is 3. The molecule has 164 valence electrons. The van der Waals surface area contributed by atoms with E-state index in [1.807, 2.05) is 4.57 Å². The van der Waals surface area contributed by atoms with E-state index in [0.717, 1.165) is 12.0 Å². The Balaban J connectivity index is 1.45. The van der Waals surface area contributed by atoms with Crippen LogP contribution in [0, 0.1) is 0 Å². The fourth-order valence-corrected chi connectivity index (χ4v) is 4.15. The molecule has 2 N–H and O–H groups in total. The number of rotatable bonds is 6. The van der Waals surface area contributed by atoms with E-state index in [1.54, 1.807) is 35.4 Å². The van der Waals surface area contributed by atoms with Crippen LogP contribution >= 0.6 is 0 Å². The molecule has 0 saturated carbocycles. The van der Waals surface area contributed by atoms with E-state index >= 15 is 0 Å². The van der Waals surface area contributed by atoms with Crippen molar-refractivity contribution in [1.29, 1.82) is 0 Å². The molecule has 0 bridgehead atoms. The summed E-state index contributed by atoms with van der Waals surface area (Å²) >= 11 is 0. The zero-order valence-electron chi connectivity index (χ0n) is 17.3. The minimum atomic E-state index is -0.999. The van der Waals surface area contributed by atoms with Crippen LogP contribution in [-0.2, 0) is 22.6 Å². The van der Waals surface area contributed by atoms with Crippen molar-refractivity contribution in [3.63, 3.8) is 0 Å². The van der Waals surface area contributed by atoms with Crippen molar-refractivity contribution in [2.45, 2.75) is 32.0 Å². The number of carboxylic acid groups (broad SMARTS) is 1. The van der Waals surface area contributed by atoms with Crippen molar-refractivity contribution >= 4 is 28.5 Å². The quantitative estimate of drug-likeness (QED) is 0.613. The van der Waals surface area contributed by atoms with Gasteiger partial charge >= 0.3 is 5.97 Å². The zero-order chi connectivity index (χ0) is 22.2. The number of imidazole rings is 1. The number of nitrogens with one attached hydrogen (secondary N) is 1. The van der Waals surface area contributed by atoms with Gasteiger partial charge in [0.05, 0.1) is 35.8 Å². The molecule has 9 heteroatoms. The van der Waals surface area contributed by atoms with Crippen LogP contribution in [0.1, 0.15) is 34.6 Å². The number of hydrogen-bond donors (Lipinski definition) is 2. The normalized spacial score (nSPS) is 18.5. The van der Waals surface area contributed by atoms with Gasteiger partial charge in [-0.1, -0.05) is 0 Å². The second kappa shape index (κ2) is 8.08. The second-order valence-corrected chi connectivity index (χ2v) is 8.02. The van der Waals surface area contributed by atoms with Crippen molar-refractivity contribution in [3.8, 4) is 0 Å². The number of carboxylic acids is 1. The van der Waals surface area contributed by atoms with E-state index < -0.39 is 5.97 Å². The van der Waals surface area contributed by atoms with Gasteiger partial charge in [0.2, 0.25) is 5.91 Å². The lowest BCUT2D eigenvalue weighted by molar-refractivity contribution is -0.127. The van der Waals surface area contributed by atoms with Crippen LogP contribution in [0.4, 0.5) is 0 Å². The zero-order valence-corrected chi connectivity index (χ0v) is 17.3. The maximum atomic E-state index is 12.9. The van der Waals surface area contributed by atoms with E-state index in [0.29, 0.717) is 48.5 Å². The maximum Gasteiger partial charge on any atom is 0.335 e. The SMILES string of the molecule is O=C(O)c1ccc2nc(CN3CCC(c4ccc[nH]c4=O)=CC3=O)n(C[C@@H]3CCO3)c2c1. The standard InChI is InChI=1S/C23H22N4O5/c28-21-11-14(17-2-1-7-24-22(17)29)5-8-26(21)13-20-25-18-4-3-15(23(30)31)10-19(18)27(20)12-16-6-9-32-16/h1-4,7,10-11,16H,5-6,8-9,12-13H2,(H,24,29)(H,30,31)/t16-/m0/s1. The van der Waals surface area contributed by atoms with Gasteiger partial charge in [0.1, 0.15) is 5.82 Å². The molecule has 0 unspecified atom stereocenters. The van der Waals surface area contributed by atoms with E-state index in [1.165, 1.54) is 12.1 Å². The molecule has 0 spiro atoms. The highest BCUT2D eigenvalue weighted by molar-refractivity contribution is 5.97. The lowest BCUT2D eigenvalue weighted by Gasteiger charge is -2.29. The minimum Gasteiger partial charge on any atom is -0.478 e. The molecular formula is C23H22N4O5. The lowest BCUT2D eigenvalue weighted by atomic mass is 10.0. The molecule has 2 aliphatic heterocycles. The number of carbonyl (C=O) groups is 2. The van der Waals surface area contributed by atoms with Gasteiger partial charge in [-0.25, -0.2) is 9.78 Å². The molecule has 1 amide bonds. The Morgan fingerprint density at radius 1 is 1.28 bits per heavy atom. The number of fused-ring (bicyclic) bond motifs is 1. The first-order valence-electron chi connectivity index (χ1n) is 10.5. The van der Waals surface area contributed by atoms with Crippen molar-refractivity contribution in [3.05, 3.63) is 69.9 Å². The third-order valence-corrected chi connectivity index (χ3v) is 6.01. The molecule has 4 heterocycles. The Bertz CT molecular complexity index is 1300. The highest BCUT2D eigenvalue weighted by Crippen LogP contribution is 2.25. The summed E-state index contributed by atoms with van der Waals surface area (Å²) in [5.74, 6) is -0.499. The Kier molecular flexibility index (Phi) is 5.10. The maximum absolute atomic E-state index is 12.9. The summed E-state index contributed by atoms with van der Waals surface area (Å²) in [6, 6.07) is 8.29. The van der Waals surface area contributed by atoms with Crippen molar-refractivity contribution in [2.75, 3.05) is 13.2 Å². The average molecular weight is 434 g/mol. The molecule has 2 aromatic heterocycles. The molecule has 5 rings (SSSR count). The van der Waals surface area contributed by atoms with E-state index in [9.17, 15) is 19.5 Å². The first kappa shape index (κ1) is 20.2. The van der Waals surface area contributed by atoms with Crippen LogP contribution in [0.25, 0.3) is 16.6 Å². The molecule has 1 aromatic carbocycles. The molecule has 32 heavy (non-hydrogen) atoms. The summed E-state index contributed by atoms with van der Waals surface area (Å²) in [5, 5.41) is 9.38. The molecule has 0 radical (unpaired) electrons. The summed E-state index contributed by atoms with van der Waals surface area (Å²) in [5.41, 5.74) is 2.60. The number of aromatic carboxylic acids is 1. The number of carbonyl (C=O) groups excluding carboxylic acids is 1. The monoisotopic (exact) mass is 434 g/mol. The van der Waals surface area contributed by atoms with Gasteiger partial charge in [-0.05, 0) is 48.7 Å². The Morgan fingerprint density at radius 3 is 2.81 bits per heavy atom. The molecule has 0 aliphatic carbocycles. The second-order valence-electron chi connectivity index (χ2n) is 8.02. The number of hydrogen-bond acceptors (Lipinski definition) is 5. The van der Waals surface area contributed by atoms with Gasteiger partial charge in [0.25, 0.3) is 5.56 Å². The smallest absolute Gasteiger partial charge is 0.335 e. The van der Waals surface area contributed by atoms with Gasteiger partial charge in [0, 0.05) is 31.0 Å². The summed E-state index contributed by atoms with van der Waals surface area (Å²) in [4.78, 5) is 45.4. The average Bonchev–Trinajstić information content (AvgIpc) is 3.08. The van der Waals surface area contributed by atoms with Crippen molar-refractivity contribution < 1.29 is 19.4 Å². The summed E-state index contributed by atoms with van der Waals surface area (Å²) in [6.07, 6.45) is 4.62. The molecule has 2 aliphatic rings. The van der Waals surface area contributed by atoms with E-state index in [2.05, 4.69) is 9.97 Å². The first-order valence-corrected chi connectivity index (χ1v) is 10.5. The number of nitrogens with zero attached hydrogens (tertiary/aromatic N) is 3. The predicted molar refractivity (Wildman–Crippen MR) is 116 cm³/mol. The number of amides is 1. The highest BCUT2D eigenvalue weighted by atomic mass is 16.5. The van der Waals surface area contributed by atoms with Crippen LogP contribution < -0.4 is 5.56 Å². The van der Waals surface area contributed by atoms with Gasteiger partial charge in [0.15, 0.2) is 0 Å². The largest absolute Gasteiger partial charge is 0.478 e. The summed E-state index contributed by atoms with van der Waals surface area (Å²) < 4.78 is 7.54. The van der Waals surface area contributed by atoms with Crippen LogP contribution in [0.15, 0.2) is 47.4 Å². The number of pyridine rings is 1. The number of H-pyrrole nitrogens is 1. The lowest BCUT2D eigenvalue weighted by Crippen LogP contribution is -2.36. The summed E-state index contributed by atoms with van der Waals surface area (Å²) in [7, 11) is 0. The van der Waals surface area contributed by atoms with Crippen molar-refractivity contribution in [1.82, 2.24) is 19.4 Å². The van der Waals surface area contributed by atoms with E-state index in [4.69, 9.17) is 4.74 Å². The molecule has 1 saturated heterocycles. The van der Waals surface area contributed by atoms with Gasteiger partial charge in [-0.3, -0.25) is 9.59 Å². The van der Waals surface area contributed by atoms with Crippen molar-refractivity contribution in [2.24, 2.45) is 0 Å². The van der Waals surface area contributed by atoms with Crippen LogP contribution in [0.2, 0.25) is 0 Å². The third kappa shape index (κ3) is 3.71. The number of benzene rings is 1. The molecular weight excluding hydrogens is 412 g/mol. The van der Waals surface area contributed by atoms with E-state index in [-0.39, 0.29) is 29.7 Å². The fraction of sp³-hybridized carbons (Fsp3) is 0.304. The van der Waals surface area contributed by atoms with Crippen LogP contribution in [-0.4, -0.2) is 55.7 Å². The fourth-order valence-electron chi connectivity index (χ4n) is 4.15. The topological polar surface area (TPSA) is 118 Å². The number of aromatic amines is 1. The molecule has 9 nitrogen and oxygen atoms in total. The molecule has 1 atom stereocenters. The third-order valence-electron chi connectivity index (χ3n) is 6.01. The van der Waals surface area contributed by atoms with Gasteiger partial charge in [-0.15, -0.1) is 0 Å². The van der Waals surface area contributed by atoms with Crippen LogP contribution in [0.5, 0.6) is 0 Å². The minimum absolute atomic E-state index is 0.0491. The van der Waals surface area contributed by atoms with Crippen LogP contribution in [0.3, 0.4) is 0 Å². The highest BCUT2D eigenvalue weighted by Gasteiger charge is 2.26. The number of ether oxygens (including phenoxy) is 1. The molecule has 3 aromatic rings. The Hall–Kier alpha value is -3.72. The Labute approximate surface area is 182 Å².